The lowest BCUT2D eigenvalue weighted by Gasteiger charge is -2.08. The number of ether oxygens (including phenoxy) is 2. The average Bonchev–Trinajstić information content (AvgIpc) is 3.00. The van der Waals surface area contributed by atoms with Crippen molar-refractivity contribution in [2.45, 2.75) is 104 Å². The topological polar surface area (TPSA) is 117 Å². The highest BCUT2D eigenvalue weighted by molar-refractivity contribution is 5.76. The number of nitrogens with one attached hydrogen (secondary N) is 2. The monoisotopic (exact) mass is 598 g/mol. The molecular formula is C35H54N2O6. The molecule has 2 aromatic rings. The van der Waals surface area contributed by atoms with Crippen LogP contribution in [0.3, 0.4) is 0 Å². The minimum atomic E-state index is 0.0554. The average molecular weight is 599 g/mol. The van der Waals surface area contributed by atoms with E-state index in [1.54, 1.807) is 36.4 Å². The molecule has 0 heterocycles. The third kappa shape index (κ3) is 17.8. The van der Waals surface area contributed by atoms with E-state index in [0.29, 0.717) is 43.3 Å². The zero-order valence-corrected chi connectivity index (χ0v) is 26.9. The molecular weight excluding hydrogens is 544 g/mol. The highest BCUT2D eigenvalue weighted by Crippen LogP contribution is 2.27. The molecule has 0 aromatic heterocycles. The number of unbranched alkanes of at least 4 members (excludes halogenated alkanes) is 7. The van der Waals surface area contributed by atoms with Gasteiger partial charge in [0, 0.05) is 25.9 Å². The van der Waals surface area contributed by atoms with Crippen molar-refractivity contribution in [1.29, 1.82) is 0 Å². The quantitative estimate of drug-likeness (QED) is 0.0979. The van der Waals surface area contributed by atoms with E-state index in [2.05, 4.69) is 43.6 Å². The van der Waals surface area contributed by atoms with Gasteiger partial charge in [-0.2, -0.15) is 0 Å². The van der Waals surface area contributed by atoms with E-state index in [4.69, 9.17) is 9.47 Å². The third-order valence-corrected chi connectivity index (χ3v) is 6.77. The summed E-state index contributed by atoms with van der Waals surface area (Å²) in [6.07, 6.45) is 15.6. The number of carbonyl (C=O) groups excluding carboxylic acids is 2. The molecule has 0 fully saturated rings. The van der Waals surface area contributed by atoms with Crippen LogP contribution in [0.25, 0.3) is 0 Å². The maximum absolute atomic E-state index is 11.8. The van der Waals surface area contributed by atoms with E-state index in [-0.39, 0.29) is 23.3 Å². The fraction of sp³-hybridized carbons (Fsp3) is 0.543. The summed E-state index contributed by atoms with van der Waals surface area (Å²) in [6.45, 7) is 7.42. The van der Waals surface area contributed by atoms with Crippen LogP contribution in [-0.4, -0.2) is 36.2 Å². The van der Waals surface area contributed by atoms with Crippen molar-refractivity contribution in [2.75, 3.05) is 14.2 Å². The molecule has 8 heteroatoms. The maximum Gasteiger partial charge on any atom is 0.220 e. The number of hydrogen-bond donors (Lipinski definition) is 4. The van der Waals surface area contributed by atoms with Crippen LogP contribution in [0.5, 0.6) is 23.0 Å². The first-order chi connectivity index (χ1) is 20.7. The molecule has 0 aliphatic carbocycles. The second kappa shape index (κ2) is 22.9. The first kappa shape index (κ1) is 37.3. The highest BCUT2D eigenvalue weighted by atomic mass is 16.5. The second-order valence-corrected chi connectivity index (χ2v) is 11.0. The fourth-order valence-corrected chi connectivity index (χ4v) is 4.22. The lowest BCUT2D eigenvalue weighted by atomic mass is 10.1. The maximum atomic E-state index is 11.8. The van der Waals surface area contributed by atoms with E-state index in [1.807, 2.05) is 0 Å². The van der Waals surface area contributed by atoms with Crippen LogP contribution < -0.4 is 20.1 Å². The molecule has 0 saturated carbocycles. The molecule has 2 aromatic carbocycles. The molecule has 4 N–H and O–H groups in total. The van der Waals surface area contributed by atoms with Crippen molar-refractivity contribution < 1.29 is 29.3 Å². The Bertz CT molecular complexity index is 1100. The Balaban J connectivity index is 0.000000430. The van der Waals surface area contributed by atoms with E-state index in [1.165, 1.54) is 39.9 Å². The molecule has 0 bridgehead atoms. The Morgan fingerprint density at radius 2 is 1.21 bits per heavy atom. The smallest absolute Gasteiger partial charge is 0.220 e. The fourth-order valence-electron chi connectivity index (χ4n) is 4.22. The molecule has 0 saturated heterocycles. The molecule has 0 spiro atoms. The summed E-state index contributed by atoms with van der Waals surface area (Å²) < 4.78 is 10.1. The van der Waals surface area contributed by atoms with Crippen molar-refractivity contribution in [1.82, 2.24) is 10.6 Å². The normalized spacial score (nSPS) is 10.7. The van der Waals surface area contributed by atoms with Gasteiger partial charge in [0.1, 0.15) is 0 Å². The lowest BCUT2D eigenvalue weighted by Crippen LogP contribution is -2.22. The number of benzene rings is 2. The first-order valence-corrected chi connectivity index (χ1v) is 15.6. The number of rotatable bonds is 19. The number of methoxy groups -OCH3 is 2. The number of phenolic OH excluding ortho intramolecular Hbond substituents is 2. The molecule has 0 radical (unpaired) electrons. The van der Waals surface area contributed by atoms with Crippen molar-refractivity contribution in [2.24, 2.45) is 5.92 Å². The van der Waals surface area contributed by atoms with Gasteiger partial charge in [0.05, 0.1) is 14.2 Å². The van der Waals surface area contributed by atoms with Gasteiger partial charge in [0.2, 0.25) is 11.8 Å². The molecule has 8 nitrogen and oxygen atoms in total. The second-order valence-electron chi connectivity index (χ2n) is 11.0. The Morgan fingerprint density at radius 3 is 1.67 bits per heavy atom. The van der Waals surface area contributed by atoms with Gasteiger partial charge in [0.15, 0.2) is 23.0 Å². The van der Waals surface area contributed by atoms with Crippen LogP contribution in [0, 0.1) is 5.92 Å². The predicted molar refractivity (Wildman–Crippen MR) is 173 cm³/mol. The van der Waals surface area contributed by atoms with Gasteiger partial charge in [-0.05, 0) is 67.0 Å². The summed E-state index contributed by atoms with van der Waals surface area (Å²) in [5.74, 6) is 1.79. The number of allylic oxidation sites excluding steroid dienone is 2. The summed E-state index contributed by atoms with van der Waals surface area (Å²) in [5.41, 5.74) is 1.82. The molecule has 0 atom stereocenters. The largest absolute Gasteiger partial charge is 0.504 e. The van der Waals surface area contributed by atoms with Crippen molar-refractivity contribution in [3.8, 4) is 23.0 Å². The summed E-state index contributed by atoms with van der Waals surface area (Å²) in [7, 11) is 3.01. The van der Waals surface area contributed by atoms with E-state index in [9.17, 15) is 19.8 Å². The summed E-state index contributed by atoms with van der Waals surface area (Å²) in [4.78, 5) is 23.5. The Kier molecular flexibility index (Phi) is 19.9. The van der Waals surface area contributed by atoms with Gasteiger partial charge in [-0.25, -0.2) is 0 Å². The van der Waals surface area contributed by atoms with Crippen LogP contribution in [0.1, 0.15) is 103 Å². The number of aromatic hydroxyl groups is 2. The van der Waals surface area contributed by atoms with Gasteiger partial charge in [-0.15, -0.1) is 0 Å². The predicted octanol–water partition coefficient (Wildman–Crippen LogP) is 7.56. The van der Waals surface area contributed by atoms with Crippen molar-refractivity contribution in [3.05, 3.63) is 59.7 Å². The third-order valence-electron chi connectivity index (χ3n) is 6.77. The van der Waals surface area contributed by atoms with E-state index in [0.717, 1.165) is 43.2 Å². The molecule has 2 amide bonds. The van der Waals surface area contributed by atoms with Gasteiger partial charge in [0.25, 0.3) is 0 Å². The first-order valence-electron chi connectivity index (χ1n) is 15.6. The van der Waals surface area contributed by atoms with Gasteiger partial charge >= 0.3 is 0 Å². The summed E-state index contributed by atoms with van der Waals surface area (Å²) in [6, 6.07) is 10.2. The SMILES string of the molecule is CCCCCCCCC(=O)NCc1ccc(O)c(OC)c1.COc1cc(CNC(=O)CCCC/C=C\C(C)C)ccc1O. The molecule has 2 rings (SSSR count). The Labute approximate surface area is 258 Å². The van der Waals surface area contributed by atoms with Crippen LogP contribution in [0.2, 0.25) is 0 Å². The lowest BCUT2D eigenvalue weighted by molar-refractivity contribution is -0.122. The zero-order valence-electron chi connectivity index (χ0n) is 26.9. The molecule has 240 valence electrons. The van der Waals surface area contributed by atoms with E-state index >= 15 is 0 Å². The van der Waals surface area contributed by atoms with Crippen LogP contribution >= 0.6 is 0 Å². The van der Waals surface area contributed by atoms with Gasteiger partial charge in [-0.1, -0.05) is 77.2 Å². The van der Waals surface area contributed by atoms with Crippen LogP contribution in [0.4, 0.5) is 0 Å². The number of phenols is 2. The van der Waals surface area contributed by atoms with Crippen LogP contribution in [0.15, 0.2) is 48.6 Å². The molecule has 0 unspecified atom stereocenters. The Hall–Kier alpha value is -3.68. The molecule has 0 aliphatic rings. The number of carbonyl (C=O) groups is 2. The van der Waals surface area contributed by atoms with Crippen molar-refractivity contribution >= 4 is 11.8 Å². The van der Waals surface area contributed by atoms with E-state index < -0.39 is 0 Å². The minimum absolute atomic E-state index is 0.0554. The molecule has 0 aliphatic heterocycles. The number of hydrogen-bond acceptors (Lipinski definition) is 6. The van der Waals surface area contributed by atoms with Crippen LogP contribution in [-0.2, 0) is 22.7 Å². The Morgan fingerprint density at radius 1 is 0.744 bits per heavy atom. The molecule has 43 heavy (non-hydrogen) atoms. The zero-order chi connectivity index (χ0) is 31.9. The van der Waals surface area contributed by atoms with Crippen molar-refractivity contribution in [3.63, 3.8) is 0 Å². The standard InChI is InChI=1S/C18H27NO3.C17H27NO3/c1-14(2)8-6-4-5-7-9-18(21)19-13-15-10-11-16(20)17(12-15)22-3;1-3-4-5-6-7-8-9-17(20)18-13-14-10-11-15(19)16(12-14)21-2/h6,8,10-12,14,20H,4-5,7,9,13H2,1-3H3,(H,19,21);10-12,19H,3-9,13H2,1-2H3,(H,18,20)/b8-6-;. The van der Waals surface area contributed by atoms with Gasteiger partial charge < -0.3 is 30.3 Å². The summed E-state index contributed by atoms with van der Waals surface area (Å²) in [5, 5.41) is 24.8. The number of amides is 2. The van der Waals surface area contributed by atoms with Gasteiger partial charge in [-0.3, -0.25) is 9.59 Å². The highest BCUT2D eigenvalue weighted by Gasteiger charge is 2.06. The summed E-state index contributed by atoms with van der Waals surface area (Å²) >= 11 is 0. The minimum Gasteiger partial charge on any atom is -0.504 e.